The van der Waals surface area contributed by atoms with Crippen LogP contribution in [0.25, 0.3) is 10.2 Å². The molecule has 7 heteroatoms. The van der Waals surface area contributed by atoms with Gasteiger partial charge in [-0.05, 0) is 56.9 Å². The number of rotatable bonds is 6. The Morgan fingerprint density at radius 1 is 1.25 bits per heavy atom. The molecule has 2 aliphatic rings. The highest BCUT2D eigenvalue weighted by Gasteiger charge is 2.27. The highest BCUT2D eigenvalue weighted by Crippen LogP contribution is 2.35. The van der Waals surface area contributed by atoms with Crippen LogP contribution in [0.1, 0.15) is 62.8 Å². The Morgan fingerprint density at radius 3 is 2.89 bits per heavy atom. The van der Waals surface area contributed by atoms with Gasteiger partial charge in [-0.3, -0.25) is 14.2 Å². The SMILES string of the molecule is CCCn1c(SCC(=O)N2CCCC[C@H]2CC)nc2sc3c(c2c1=O)CCC3. The van der Waals surface area contributed by atoms with Crippen LogP contribution in [0.5, 0.6) is 0 Å². The summed E-state index contributed by atoms with van der Waals surface area (Å²) in [6.45, 7) is 5.76. The number of piperidine rings is 1. The second-order valence-electron chi connectivity index (χ2n) is 7.82. The molecule has 0 radical (unpaired) electrons. The Bertz CT molecular complexity index is 934. The molecule has 1 fully saturated rings. The van der Waals surface area contributed by atoms with Gasteiger partial charge in [0.15, 0.2) is 5.16 Å². The average molecular weight is 420 g/mol. The second kappa shape index (κ2) is 8.57. The minimum atomic E-state index is 0.0885. The van der Waals surface area contributed by atoms with Crippen LogP contribution in [-0.2, 0) is 24.2 Å². The number of aryl methyl sites for hydroxylation is 2. The third-order valence-corrected chi connectivity index (χ3v) is 8.13. The fourth-order valence-corrected chi connectivity index (χ4v) is 6.77. The summed E-state index contributed by atoms with van der Waals surface area (Å²) in [7, 11) is 0. The van der Waals surface area contributed by atoms with Crippen molar-refractivity contribution in [1.82, 2.24) is 14.5 Å². The summed E-state index contributed by atoms with van der Waals surface area (Å²) in [4.78, 5) is 35.2. The highest BCUT2D eigenvalue weighted by atomic mass is 32.2. The molecule has 4 rings (SSSR count). The van der Waals surface area contributed by atoms with Crippen LogP contribution in [0.2, 0.25) is 0 Å². The molecule has 1 amide bonds. The van der Waals surface area contributed by atoms with Crippen LogP contribution in [0.3, 0.4) is 0 Å². The predicted molar refractivity (Wildman–Crippen MR) is 117 cm³/mol. The lowest BCUT2D eigenvalue weighted by Crippen LogP contribution is -2.44. The number of nitrogens with zero attached hydrogens (tertiary/aromatic N) is 3. The van der Waals surface area contributed by atoms with Crippen LogP contribution in [0.4, 0.5) is 0 Å². The maximum absolute atomic E-state index is 13.2. The van der Waals surface area contributed by atoms with E-state index >= 15 is 0 Å². The first-order chi connectivity index (χ1) is 13.6. The van der Waals surface area contributed by atoms with Gasteiger partial charge < -0.3 is 4.90 Å². The van der Waals surface area contributed by atoms with Crippen molar-refractivity contribution in [2.45, 2.75) is 83.0 Å². The lowest BCUT2D eigenvalue weighted by atomic mass is 10.0. The van der Waals surface area contributed by atoms with Gasteiger partial charge in [-0.2, -0.15) is 0 Å². The second-order valence-corrected chi connectivity index (χ2v) is 9.85. The number of thiophene rings is 1. The van der Waals surface area contributed by atoms with E-state index < -0.39 is 0 Å². The number of carbonyl (C=O) groups excluding carboxylic acids is 1. The molecule has 0 N–H and O–H groups in total. The standard InChI is InChI=1S/C21H29N3O2S2/c1-3-11-24-20(26)18-15-9-7-10-16(15)28-19(18)22-21(24)27-13-17(25)23-12-6-5-8-14(23)4-2/h14H,3-13H2,1-2H3/t14-/m1/s1. The Hall–Kier alpha value is -1.34. The molecule has 2 aromatic rings. The Balaban J connectivity index is 1.60. The number of aromatic nitrogens is 2. The topological polar surface area (TPSA) is 55.2 Å². The molecule has 3 heterocycles. The van der Waals surface area contributed by atoms with E-state index in [9.17, 15) is 9.59 Å². The molecule has 2 aromatic heterocycles. The van der Waals surface area contributed by atoms with E-state index in [2.05, 4.69) is 18.7 Å². The van der Waals surface area contributed by atoms with Crippen molar-refractivity contribution in [3.8, 4) is 0 Å². The van der Waals surface area contributed by atoms with E-state index in [1.807, 2.05) is 0 Å². The van der Waals surface area contributed by atoms with Crippen LogP contribution >= 0.6 is 23.1 Å². The molecule has 5 nitrogen and oxygen atoms in total. The molecule has 0 bridgehead atoms. The number of hydrogen-bond acceptors (Lipinski definition) is 5. The smallest absolute Gasteiger partial charge is 0.263 e. The average Bonchev–Trinajstić information content (AvgIpc) is 3.29. The molecule has 1 atom stereocenters. The molecule has 28 heavy (non-hydrogen) atoms. The predicted octanol–water partition coefficient (Wildman–Crippen LogP) is 4.24. The number of hydrogen-bond donors (Lipinski definition) is 0. The number of thioether (sulfide) groups is 1. The lowest BCUT2D eigenvalue weighted by Gasteiger charge is -2.35. The van der Waals surface area contributed by atoms with Gasteiger partial charge in [-0.15, -0.1) is 11.3 Å². The first kappa shape index (κ1) is 20.0. The van der Waals surface area contributed by atoms with Crippen LogP contribution in [0, 0.1) is 0 Å². The van der Waals surface area contributed by atoms with Crippen molar-refractivity contribution in [3.63, 3.8) is 0 Å². The normalized spacial score (nSPS) is 19.4. The van der Waals surface area contributed by atoms with E-state index in [0.717, 1.165) is 61.7 Å². The van der Waals surface area contributed by atoms with Crippen molar-refractivity contribution >= 4 is 39.2 Å². The molecular formula is C21H29N3O2S2. The quantitative estimate of drug-likeness (QED) is 0.519. The summed E-state index contributed by atoms with van der Waals surface area (Å²) < 4.78 is 1.80. The molecule has 1 aliphatic carbocycles. The van der Waals surface area contributed by atoms with Gasteiger partial charge in [-0.1, -0.05) is 25.6 Å². The largest absolute Gasteiger partial charge is 0.339 e. The molecular weight excluding hydrogens is 390 g/mol. The maximum Gasteiger partial charge on any atom is 0.263 e. The Kier molecular flexibility index (Phi) is 6.11. The summed E-state index contributed by atoms with van der Waals surface area (Å²) in [5.41, 5.74) is 1.32. The Morgan fingerprint density at radius 2 is 2.11 bits per heavy atom. The van der Waals surface area contributed by atoms with Crippen molar-refractivity contribution < 1.29 is 4.79 Å². The van der Waals surface area contributed by atoms with Gasteiger partial charge in [0.1, 0.15) is 4.83 Å². The number of fused-ring (bicyclic) bond motifs is 3. The fraction of sp³-hybridized carbons (Fsp3) is 0.667. The number of carbonyl (C=O) groups is 1. The van der Waals surface area contributed by atoms with Gasteiger partial charge in [0, 0.05) is 24.0 Å². The first-order valence-corrected chi connectivity index (χ1v) is 12.4. The molecule has 0 spiro atoms. The van der Waals surface area contributed by atoms with Gasteiger partial charge in [-0.25, -0.2) is 4.98 Å². The summed E-state index contributed by atoms with van der Waals surface area (Å²) in [5.74, 6) is 0.547. The van der Waals surface area contributed by atoms with Gasteiger partial charge >= 0.3 is 0 Å². The van der Waals surface area contributed by atoms with E-state index in [-0.39, 0.29) is 11.5 Å². The number of amides is 1. The van der Waals surface area contributed by atoms with E-state index in [1.165, 1.54) is 28.6 Å². The third-order valence-electron chi connectivity index (χ3n) is 5.98. The zero-order valence-corrected chi connectivity index (χ0v) is 18.5. The van der Waals surface area contributed by atoms with Crippen molar-refractivity contribution in [3.05, 3.63) is 20.8 Å². The lowest BCUT2D eigenvalue weighted by molar-refractivity contribution is -0.132. The minimum absolute atomic E-state index is 0.0885. The van der Waals surface area contributed by atoms with Crippen LogP contribution in [0.15, 0.2) is 9.95 Å². The highest BCUT2D eigenvalue weighted by molar-refractivity contribution is 7.99. The molecule has 152 valence electrons. The van der Waals surface area contributed by atoms with Gasteiger partial charge in [0.25, 0.3) is 5.56 Å². The minimum Gasteiger partial charge on any atom is -0.339 e. The van der Waals surface area contributed by atoms with E-state index in [4.69, 9.17) is 4.98 Å². The molecule has 1 saturated heterocycles. The third kappa shape index (κ3) is 3.63. The zero-order valence-electron chi connectivity index (χ0n) is 16.8. The van der Waals surface area contributed by atoms with Crippen molar-refractivity contribution in [1.29, 1.82) is 0 Å². The van der Waals surface area contributed by atoms with E-state index in [0.29, 0.717) is 23.5 Å². The van der Waals surface area contributed by atoms with Gasteiger partial charge in [0.2, 0.25) is 5.91 Å². The molecule has 0 saturated carbocycles. The van der Waals surface area contributed by atoms with Gasteiger partial charge in [0.05, 0.1) is 11.1 Å². The molecule has 1 aliphatic heterocycles. The van der Waals surface area contributed by atoms with E-state index in [1.54, 1.807) is 15.9 Å². The number of likely N-dealkylation sites (tertiary alicyclic amines) is 1. The van der Waals surface area contributed by atoms with Crippen LogP contribution in [-0.4, -0.2) is 38.7 Å². The maximum atomic E-state index is 13.2. The summed E-state index contributed by atoms with van der Waals surface area (Å²) in [5, 5.41) is 1.54. The monoisotopic (exact) mass is 419 g/mol. The fourth-order valence-electron chi connectivity index (χ4n) is 4.55. The molecule has 0 aromatic carbocycles. The Labute approximate surface area is 174 Å². The summed E-state index contributed by atoms with van der Waals surface area (Å²) >= 11 is 3.11. The van der Waals surface area contributed by atoms with Crippen molar-refractivity contribution in [2.24, 2.45) is 0 Å². The van der Waals surface area contributed by atoms with Crippen LogP contribution < -0.4 is 5.56 Å². The zero-order chi connectivity index (χ0) is 19.7. The van der Waals surface area contributed by atoms with Crippen molar-refractivity contribution in [2.75, 3.05) is 12.3 Å². The molecule has 0 unspecified atom stereocenters. The first-order valence-electron chi connectivity index (χ1n) is 10.6. The summed E-state index contributed by atoms with van der Waals surface area (Å²) in [6.07, 6.45) is 8.52. The summed E-state index contributed by atoms with van der Waals surface area (Å²) in [6, 6.07) is 0.371.